The average Bonchev–Trinajstić information content (AvgIpc) is 1.67. The third kappa shape index (κ3) is 10.7. The molecule has 2 aromatic heterocycles. The predicted octanol–water partition coefficient (Wildman–Crippen LogP) is 9.60. The minimum Gasteiger partial charge on any atom is -0.461 e. The molecular weight excluding hydrogens is 1190 g/mol. The highest BCUT2D eigenvalue weighted by molar-refractivity contribution is 6.36. The Morgan fingerprint density at radius 1 is 0.637 bits per heavy atom. The minimum atomic E-state index is -1.09. The third-order valence-electron chi connectivity index (χ3n) is 20.7. The maximum Gasteiger partial charge on any atom is 0.318 e. The summed E-state index contributed by atoms with van der Waals surface area (Å²) in [5.41, 5.74) is 5.39. The first kappa shape index (κ1) is 59.9. The summed E-state index contributed by atoms with van der Waals surface area (Å²) in [5, 5.41) is 23.2. The van der Waals surface area contributed by atoms with E-state index >= 15 is 4.39 Å². The Morgan fingerprint density at radius 2 is 1.20 bits per heavy atom. The molecular formula is C68H70ClF3N14O5. The molecule has 4 atom stereocenters. The van der Waals surface area contributed by atoms with Gasteiger partial charge >= 0.3 is 12.0 Å². The molecule has 8 aliphatic rings. The number of benzene rings is 4. The average molecular weight is 1260 g/mol. The van der Waals surface area contributed by atoms with E-state index in [1.165, 1.54) is 15.9 Å². The second-order valence-corrected chi connectivity index (χ2v) is 26.0. The van der Waals surface area contributed by atoms with Crippen molar-refractivity contribution in [3.63, 3.8) is 0 Å². The number of rotatable bonds is 15. The van der Waals surface area contributed by atoms with Crippen LogP contribution in [-0.2, 0) is 40.3 Å². The van der Waals surface area contributed by atoms with E-state index in [2.05, 4.69) is 81.3 Å². The van der Waals surface area contributed by atoms with E-state index in [0.717, 1.165) is 88.7 Å². The van der Waals surface area contributed by atoms with Crippen LogP contribution >= 0.6 is 11.6 Å². The number of hydrogen-bond donors (Lipinski definition) is 0. The van der Waals surface area contributed by atoms with Gasteiger partial charge in [-0.05, 0) is 105 Å². The summed E-state index contributed by atoms with van der Waals surface area (Å²) >= 11 is 6.68. The van der Waals surface area contributed by atoms with E-state index < -0.39 is 46.9 Å². The summed E-state index contributed by atoms with van der Waals surface area (Å²) in [6.07, 6.45) is 7.66. The van der Waals surface area contributed by atoms with Crippen molar-refractivity contribution in [2.24, 2.45) is 0 Å². The maximum atomic E-state index is 15.1. The molecule has 91 heavy (non-hydrogen) atoms. The Balaban J connectivity index is 0.750. The Bertz CT molecular complexity index is 4060. The zero-order valence-corrected chi connectivity index (χ0v) is 51.5. The number of carbonyl (C=O) groups excluding carboxylic acids is 3. The molecule has 2 unspecified atom stereocenters. The zero-order valence-electron chi connectivity index (χ0n) is 50.7. The molecule has 14 rings (SSSR count). The molecule has 0 aliphatic carbocycles. The van der Waals surface area contributed by atoms with Crippen LogP contribution < -0.4 is 29.1 Å². The van der Waals surface area contributed by atoms with Gasteiger partial charge in [0.1, 0.15) is 30.7 Å². The lowest BCUT2D eigenvalue weighted by molar-refractivity contribution is -0.133. The molecule has 8 aliphatic heterocycles. The number of fused-ring (bicyclic) bond motifs is 6. The van der Waals surface area contributed by atoms with Gasteiger partial charge in [-0.1, -0.05) is 73.3 Å². The van der Waals surface area contributed by atoms with E-state index in [4.69, 9.17) is 41.0 Å². The van der Waals surface area contributed by atoms with Crippen molar-refractivity contribution in [2.75, 3.05) is 98.3 Å². The van der Waals surface area contributed by atoms with Crippen molar-refractivity contribution < 1.29 is 37.0 Å². The van der Waals surface area contributed by atoms with Crippen molar-refractivity contribution in [1.29, 1.82) is 10.5 Å². The van der Waals surface area contributed by atoms with Crippen molar-refractivity contribution in [1.82, 2.24) is 39.5 Å². The standard InChI is InChI=1S/C68H70ClF3N14O5/c1-42(70)63(88)84-34-32-81(36-45(84)18-26-73)61-50-20-30-79(38-53(50)75-65(77-61)90-40-67-22-6-28-83(67)29-7-23-67)55-12-5-9-47-48(55)10-4-11-49(47)56-16-24-68(25-17-58(87)86(56)68)41-91-66-76-54-39-80(57-13-3-8-44-14-15-52(72)60(69)59(44)57)31-21-51(54)62(78-66)82-33-35-85(64(89)43(2)71)46(37-82)19-27-74/h3-5,8-15,45-46,56H,1-2,6-7,16-25,28-41H2/t45-,46-,56?,68?/m0/s1. The summed E-state index contributed by atoms with van der Waals surface area (Å²) < 4.78 is 57.2. The van der Waals surface area contributed by atoms with Crippen LogP contribution in [0.25, 0.3) is 21.5 Å². The molecule has 6 aromatic rings. The van der Waals surface area contributed by atoms with Gasteiger partial charge in [0.25, 0.3) is 11.8 Å². The molecule has 470 valence electrons. The second kappa shape index (κ2) is 24.1. The van der Waals surface area contributed by atoms with Crippen LogP contribution in [0.5, 0.6) is 12.0 Å². The van der Waals surface area contributed by atoms with E-state index in [9.17, 15) is 33.7 Å². The highest BCUT2D eigenvalue weighted by Gasteiger charge is 2.54. The quantitative estimate of drug-likeness (QED) is 0.0881. The van der Waals surface area contributed by atoms with Crippen molar-refractivity contribution >= 4 is 73.9 Å². The molecule has 23 heteroatoms. The summed E-state index contributed by atoms with van der Waals surface area (Å²) in [5.74, 6) is -3.00. The minimum absolute atomic E-state index is 0.0182. The third-order valence-corrected chi connectivity index (χ3v) is 21.0. The SMILES string of the molecule is C=C(F)C(=O)N1CCN(c2nc(OCC34CCCN3CCC4)nc3c2CCN(c2cccc4c(C5CCC6(COc7nc8c(c(N9CCN(C(=O)C(=C)F)[C@@H](CC#N)C9)n7)CCN(c7cccc9ccc(F)c(Cl)c79)C8)CCC(=O)N56)cccc24)C3)C[C@@H]1CC#N. The summed E-state index contributed by atoms with van der Waals surface area (Å²) in [6, 6.07) is 24.7. The van der Waals surface area contributed by atoms with Crippen LogP contribution in [0.4, 0.5) is 36.2 Å². The zero-order chi connectivity index (χ0) is 62.9. The first-order valence-corrected chi connectivity index (χ1v) is 32.1. The fourth-order valence-electron chi connectivity index (χ4n) is 16.3. The Kier molecular flexibility index (Phi) is 15.9. The van der Waals surface area contributed by atoms with Crippen LogP contribution in [-0.4, -0.2) is 159 Å². The van der Waals surface area contributed by atoms with Crippen LogP contribution in [0.2, 0.25) is 5.02 Å². The Hall–Kier alpha value is -8.73. The molecule has 4 aromatic carbocycles. The summed E-state index contributed by atoms with van der Waals surface area (Å²) in [4.78, 5) is 76.9. The van der Waals surface area contributed by atoms with Gasteiger partial charge in [0.05, 0.1) is 83.7 Å². The number of piperazine rings is 2. The van der Waals surface area contributed by atoms with Gasteiger partial charge in [0.2, 0.25) is 5.91 Å². The van der Waals surface area contributed by atoms with Crippen molar-refractivity contribution in [3.05, 3.63) is 130 Å². The highest BCUT2D eigenvalue weighted by Crippen LogP contribution is 2.52. The monoisotopic (exact) mass is 1250 g/mol. The molecule has 0 spiro atoms. The van der Waals surface area contributed by atoms with Gasteiger partial charge < -0.3 is 43.8 Å². The molecule has 0 N–H and O–H groups in total. The van der Waals surface area contributed by atoms with Gasteiger partial charge in [-0.3, -0.25) is 19.3 Å². The fraction of sp³-hybridized carbons (Fsp3) is 0.456. The van der Waals surface area contributed by atoms with Crippen LogP contribution in [0.15, 0.2) is 91.5 Å². The van der Waals surface area contributed by atoms with E-state index in [-0.39, 0.29) is 86.7 Å². The maximum absolute atomic E-state index is 15.1. The number of ether oxygens (including phenoxy) is 2. The lowest BCUT2D eigenvalue weighted by Crippen LogP contribution is -2.55. The fourth-order valence-corrected chi connectivity index (χ4v) is 16.5. The highest BCUT2D eigenvalue weighted by atomic mass is 35.5. The smallest absolute Gasteiger partial charge is 0.318 e. The predicted molar refractivity (Wildman–Crippen MR) is 337 cm³/mol. The van der Waals surface area contributed by atoms with Crippen LogP contribution in [0.3, 0.4) is 0 Å². The Labute approximate surface area is 530 Å². The van der Waals surface area contributed by atoms with Gasteiger partial charge in [-0.25, -0.2) is 13.2 Å². The first-order valence-electron chi connectivity index (χ1n) is 31.7. The molecule has 6 fully saturated rings. The lowest BCUT2D eigenvalue weighted by atomic mass is 9.93. The van der Waals surface area contributed by atoms with E-state index in [0.29, 0.717) is 101 Å². The number of carbonyl (C=O) groups is 3. The number of anilines is 4. The molecule has 19 nitrogen and oxygen atoms in total. The molecule has 0 saturated carbocycles. The summed E-state index contributed by atoms with van der Waals surface area (Å²) in [6.45, 7) is 12.5. The first-order chi connectivity index (χ1) is 44.1. The molecule has 0 bridgehead atoms. The number of nitrogens with zero attached hydrogens (tertiary/aromatic N) is 14. The number of amides is 3. The molecule has 3 amide bonds. The normalized spacial score (nSPS) is 22.8. The van der Waals surface area contributed by atoms with Gasteiger partial charge in [-0.15, -0.1) is 0 Å². The number of nitriles is 2. The molecule has 6 saturated heterocycles. The number of hydrogen-bond acceptors (Lipinski definition) is 16. The lowest BCUT2D eigenvalue weighted by Gasteiger charge is -2.42. The van der Waals surface area contributed by atoms with E-state index in [1.807, 2.05) is 28.0 Å². The topological polar surface area (TPSA) is 195 Å². The number of aromatic nitrogens is 4. The van der Waals surface area contributed by atoms with Crippen LogP contribution in [0.1, 0.15) is 98.3 Å². The largest absolute Gasteiger partial charge is 0.461 e. The van der Waals surface area contributed by atoms with Crippen molar-refractivity contribution in [2.45, 2.75) is 119 Å². The summed E-state index contributed by atoms with van der Waals surface area (Å²) in [7, 11) is 0. The van der Waals surface area contributed by atoms with Gasteiger partial charge in [0.15, 0.2) is 11.7 Å². The van der Waals surface area contributed by atoms with Crippen molar-refractivity contribution in [3.8, 4) is 24.2 Å². The molecule has 10 heterocycles. The second-order valence-electron chi connectivity index (χ2n) is 25.6. The van der Waals surface area contributed by atoms with Gasteiger partial charge in [-0.2, -0.15) is 30.5 Å². The molecule has 0 radical (unpaired) electrons. The van der Waals surface area contributed by atoms with Crippen LogP contribution in [0, 0.1) is 28.5 Å². The number of halogens is 4. The van der Waals surface area contributed by atoms with Gasteiger partial charge in [0, 0.05) is 92.1 Å². The Morgan fingerprint density at radius 3 is 1.80 bits per heavy atom. The van der Waals surface area contributed by atoms with E-state index in [1.54, 1.807) is 6.07 Å².